The predicted octanol–water partition coefficient (Wildman–Crippen LogP) is 0.755. The first kappa shape index (κ1) is 20.1. The van der Waals surface area contributed by atoms with Gasteiger partial charge in [0.1, 0.15) is 0 Å². The van der Waals surface area contributed by atoms with E-state index in [4.69, 9.17) is 5.11 Å². The molecule has 1 N–H and O–H groups in total. The maximum atomic E-state index is 11.8. The number of rotatable bonds is 9. The molecule has 0 fully saturated rings. The van der Waals surface area contributed by atoms with Crippen molar-refractivity contribution < 1.29 is 66.4 Å². The summed E-state index contributed by atoms with van der Waals surface area (Å²) in [7, 11) is 0. The molecule has 0 saturated heterocycles. The zero-order valence-corrected chi connectivity index (χ0v) is 15.8. The van der Waals surface area contributed by atoms with Crippen molar-refractivity contribution in [3.05, 3.63) is 29.3 Å². The van der Waals surface area contributed by atoms with E-state index in [0.29, 0.717) is 12.0 Å². The van der Waals surface area contributed by atoms with Gasteiger partial charge in [-0.05, 0) is 18.9 Å². The van der Waals surface area contributed by atoms with Crippen LogP contribution in [0.2, 0.25) is 0 Å². The van der Waals surface area contributed by atoms with Gasteiger partial charge in [-0.15, -0.1) is 0 Å². The quantitative estimate of drug-likeness (QED) is 0.541. The summed E-state index contributed by atoms with van der Waals surface area (Å²) in [5.41, 5.74) is 0.522. The maximum absolute atomic E-state index is 11.8. The number of carboxylic acids is 1. The second kappa shape index (κ2) is 11.8. The molecule has 0 amide bonds. The van der Waals surface area contributed by atoms with Crippen molar-refractivity contribution in [3.8, 4) is 5.75 Å². The second-order valence-electron chi connectivity index (χ2n) is 4.97. The standard InChI is InChI=1S/C16H24O3.K/c1-2-3-4-5-6-7-8-10-13-11-9-12-14(15(13)17)16(18)19;/h9,11-12,17H,2-8,10H2,1H3,(H,18,19);/q;+1/p-1. The first-order valence-corrected chi connectivity index (χ1v) is 7.19. The summed E-state index contributed by atoms with van der Waals surface area (Å²) in [5, 5.41) is 20.7. The van der Waals surface area contributed by atoms with Gasteiger partial charge in [-0.3, -0.25) is 0 Å². The Balaban J connectivity index is 0.00000361. The number of hydrogen-bond donors (Lipinski definition) is 1. The Kier molecular flexibility index (Phi) is 11.8. The van der Waals surface area contributed by atoms with Gasteiger partial charge < -0.3 is 10.2 Å². The first-order valence-electron chi connectivity index (χ1n) is 7.19. The molecule has 106 valence electrons. The Hall–Kier alpha value is 0.126. The normalized spacial score (nSPS) is 10.1. The molecule has 0 unspecified atom stereocenters. The van der Waals surface area contributed by atoms with Crippen LogP contribution in [0.15, 0.2) is 18.2 Å². The number of carbonyl (C=O) groups is 1. The van der Waals surface area contributed by atoms with Crippen LogP contribution < -0.4 is 56.5 Å². The third-order valence-electron chi connectivity index (χ3n) is 3.38. The van der Waals surface area contributed by atoms with Gasteiger partial charge in [-0.1, -0.05) is 68.9 Å². The molecular formula is C16H23KO3. The average Bonchev–Trinajstić information content (AvgIpc) is 2.39. The fourth-order valence-corrected chi connectivity index (χ4v) is 2.22. The van der Waals surface area contributed by atoms with E-state index < -0.39 is 5.97 Å². The minimum atomic E-state index is -1.13. The average molecular weight is 302 g/mol. The fourth-order valence-electron chi connectivity index (χ4n) is 2.22. The number of hydrogen-bond acceptors (Lipinski definition) is 2. The van der Waals surface area contributed by atoms with Crippen molar-refractivity contribution in [1.29, 1.82) is 0 Å². The smallest absolute Gasteiger partial charge is 0.872 e. The van der Waals surface area contributed by atoms with Crippen LogP contribution in [0.25, 0.3) is 0 Å². The van der Waals surface area contributed by atoms with E-state index in [1.807, 2.05) is 0 Å². The van der Waals surface area contributed by atoms with Crippen LogP contribution in [0.1, 0.15) is 67.8 Å². The number of aryl methyl sites for hydroxylation is 1. The number of benzene rings is 1. The summed E-state index contributed by atoms with van der Waals surface area (Å²) in [6.07, 6.45) is 9.06. The Labute approximate surface area is 164 Å². The van der Waals surface area contributed by atoms with E-state index in [1.54, 1.807) is 12.1 Å². The molecule has 0 atom stereocenters. The van der Waals surface area contributed by atoms with Gasteiger partial charge in [-0.2, -0.15) is 0 Å². The number of para-hydroxylation sites is 1. The van der Waals surface area contributed by atoms with Crippen molar-refractivity contribution in [2.24, 2.45) is 0 Å². The van der Waals surface area contributed by atoms with E-state index in [-0.39, 0.29) is 62.7 Å². The Morgan fingerprint density at radius 1 is 1.10 bits per heavy atom. The maximum Gasteiger partial charge on any atom is 1.00 e. The topological polar surface area (TPSA) is 60.4 Å². The number of aromatic carboxylic acids is 1. The molecule has 0 bridgehead atoms. The monoisotopic (exact) mass is 302 g/mol. The summed E-state index contributed by atoms with van der Waals surface area (Å²) >= 11 is 0. The third kappa shape index (κ3) is 7.23. The number of unbranched alkanes of at least 4 members (excludes halogenated alkanes) is 6. The van der Waals surface area contributed by atoms with Crippen LogP contribution in [0.5, 0.6) is 5.75 Å². The molecule has 20 heavy (non-hydrogen) atoms. The van der Waals surface area contributed by atoms with Gasteiger partial charge >= 0.3 is 57.4 Å². The van der Waals surface area contributed by atoms with Gasteiger partial charge in [0, 0.05) is 0 Å². The predicted molar refractivity (Wildman–Crippen MR) is 74.5 cm³/mol. The van der Waals surface area contributed by atoms with E-state index in [0.717, 1.165) is 12.8 Å². The third-order valence-corrected chi connectivity index (χ3v) is 3.38. The van der Waals surface area contributed by atoms with Crippen molar-refractivity contribution in [2.75, 3.05) is 0 Å². The van der Waals surface area contributed by atoms with Crippen molar-refractivity contribution >= 4 is 5.97 Å². The summed E-state index contributed by atoms with van der Waals surface area (Å²) in [6, 6.07) is 4.77. The Bertz CT molecular complexity index is 405. The summed E-state index contributed by atoms with van der Waals surface area (Å²) in [6.45, 7) is 2.20. The van der Waals surface area contributed by atoms with Gasteiger partial charge in [0.15, 0.2) is 0 Å². The molecule has 0 aromatic heterocycles. The fraction of sp³-hybridized carbons (Fsp3) is 0.562. The molecular weight excluding hydrogens is 279 g/mol. The summed E-state index contributed by atoms with van der Waals surface area (Å²) in [5.74, 6) is -1.45. The SMILES string of the molecule is CCCCCCCCCc1cccc(C(=O)O)c1[O-].[K+]. The summed E-state index contributed by atoms with van der Waals surface area (Å²) in [4.78, 5) is 10.9. The van der Waals surface area contributed by atoms with Gasteiger partial charge in [0.2, 0.25) is 0 Å². The van der Waals surface area contributed by atoms with E-state index in [1.165, 1.54) is 38.2 Å². The number of carboxylic acid groups (broad SMARTS) is 1. The minimum absolute atomic E-state index is 0. The molecule has 0 aliphatic rings. The molecule has 0 spiro atoms. The Morgan fingerprint density at radius 3 is 2.30 bits per heavy atom. The van der Waals surface area contributed by atoms with E-state index in [9.17, 15) is 9.90 Å². The van der Waals surface area contributed by atoms with E-state index in [2.05, 4.69) is 6.92 Å². The van der Waals surface area contributed by atoms with Crippen LogP contribution >= 0.6 is 0 Å². The molecule has 0 aliphatic heterocycles. The molecule has 1 rings (SSSR count). The summed E-state index contributed by atoms with van der Waals surface area (Å²) < 4.78 is 0. The van der Waals surface area contributed by atoms with Crippen LogP contribution in [0.3, 0.4) is 0 Å². The zero-order valence-electron chi connectivity index (χ0n) is 12.7. The van der Waals surface area contributed by atoms with Crippen molar-refractivity contribution in [1.82, 2.24) is 0 Å². The molecule has 0 heterocycles. The first-order chi connectivity index (χ1) is 9.16. The second-order valence-corrected chi connectivity index (χ2v) is 4.97. The van der Waals surface area contributed by atoms with Crippen LogP contribution in [0.4, 0.5) is 0 Å². The van der Waals surface area contributed by atoms with E-state index >= 15 is 0 Å². The molecule has 0 aliphatic carbocycles. The minimum Gasteiger partial charge on any atom is -0.872 e. The van der Waals surface area contributed by atoms with Crippen LogP contribution in [-0.2, 0) is 6.42 Å². The van der Waals surface area contributed by atoms with Gasteiger partial charge in [-0.25, -0.2) is 4.79 Å². The molecule has 1 aromatic carbocycles. The van der Waals surface area contributed by atoms with Crippen LogP contribution in [-0.4, -0.2) is 11.1 Å². The zero-order chi connectivity index (χ0) is 14.1. The molecule has 3 nitrogen and oxygen atoms in total. The van der Waals surface area contributed by atoms with Gasteiger partial charge in [0.05, 0.1) is 5.56 Å². The Morgan fingerprint density at radius 2 is 1.70 bits per heavy atom. The molecule has 0 saturated carbocycles. The molecule has 4 heteroatoms. The van der Waals surface area contributed by atoms with Crippen LogP contribution in [0, 0.1) is 0 Å². The van der Waals surface area contributed by atoms with Gasteiger partial charge in [0.25, 0.3) is 0 Å². The van der Waals surface area contributed by atoms with Crippen molar-refractivity contribution in [2.45, 2.75) is 58.3 Å². The molecule has 0 radical (unpaired) electrons. The molecule has 1 aromatic rings. The van der Waals surface area contributed by atoms with Crippen molar-refractivity contribution in [3.63, 3.8) is 0 Å². The largest absolute Gasteiger partial charge is 1.00 e.